The Morgan fingerprint density at radius 3 is 2.95 bits per heavy atom. The van der Waals surface area contributed by atoms with Crippen LogP contribution in [0.5, 0.6) is 0 Å². The molecule has 20 heavy (non-hydrogen) atoms. The Labute approximate surface area is 123 Å². The van der Waals surface area contributed by atoms with Crippen molar-refractivity contribution in [2.45, 2.75) is 6.04 Å². The van der Waals surface area contributed by atoms with Crippen molar-refractivity contribution in [1.29, 1.82) is 0 Å². The van der Waals surface area contributed by atoms with Crippen LogP contribution >= 0.6 is 11.6 Å². The lowest BCUT2D eigenvalue weighted by Gasteiger charge is -2.29. The Hall–Kier alpha value is -1.49. The van der Waals surface area contributed by atoms with E-state index in [1.54, 1.807) is 6.33 Å². The zero-order valence-corrected chi connectivity index (χ0v) is 12.1. The summed E-state index contributed by atoms with van der Waals surface area (Å²) in [5.74, 6) is 0. The zero-order chi connectivity index (χ0) is 13.9. The van der Waals surface area contributed by atoms with Crippen LogP contribution in [-0.4, -0.2) is 41.5 Å². The van der Waals surface area contributed by atoms with Crippen molar-refractivity contribution in [3.8, 4) is 11.3 Å². The monoisotopic (exact) mass is 287 g/mol. The molecule has 1 aliphatic heterocycles. The molecule has 2 aromatic rings. The molecule has 1 atom stereocenters. The van der Waals surface area contributed by atoms with Crippen LogP contribution in [0.3, 0.4) is 0 Å². The molecule has 103 valence electrons. The van der Waals surface area contributed by atoms with E-state index >= 15 is 0 Å². The predicted octanol–water partition coefficient (Wildman–Crippen LogP) is 2.39. The van der Waals surface area contributed by atoms with Gasteiger partial charge in [0, 0.05) is 30.2 Å². The van der Waals surface area contributed by atoms with Crippen LogP contribution in [0.4, 0.5) is 0 Å². The molecular weight excluding hydrogens is 272 g/mol. The van der Waals surface area contributed by atoms with Crippen LogP contribution in [0, 0.1) is 0 Å². The lowest BCUT2D eigenvalue weighted by atomic mass is 10.1. The van der Waals surface area contributed by atoms with Crippen LogP contribution in [-0.2, 0) is 0 Å². The van der Waals surface area contributed by atoms with E-state index in [0.717, 1.165) is 36.6 Å². The number of benzene rings is 1. The Kier molecular flexibility index (Phi) is 3.96. The average Bonchev–Trinajstić information content (AvgIpc) is 2.47. The Morgan fingerprint density at radius 1 is 1.25 bits per heavy atom. The van der Waals surface area contributed by atoms with Crippen LogP contribution < -0.4 is 5.32 Å². The highest BCUT2D eigenvalue weighted by Crippen LogP contribution is 2.23. The second-order valence-corrected chi connectivity index (χ2v) is 5.46. The highest BCUT2D eigenvalue weighted by atomic mass is 35.5. The third kappa shape index (κ3) is 2.98. The minimum absolute atomic E-state index is 0.134. The van der Waals surface area contributed by atoms with Gasteiger partial charge in [-0.25, -0.2) is 15.3 Å². The third-order valence-electron chi connectivity index (χ3n) is 3.47. The van der Waals surface area contributed by atoms with Gasteiger partial charge >= 0.3 is 0 Å². The molecular formula is C15H16ClN4. The van der Waals surface area contributed by atoms with Gasteiger partial charge in [-0.05, 0) is 25.2 Å². The normalized spacial score (nSPS) is 20.0. The Morgan fingerprint density at radius 2 is 2.15 bits per heavy atom. The fourth-order valence-electron chi connectivity index (χ4n) is 2.38. The molecule has 1 unspecified atom stereocenters. The van der Waals surface area contributed by atoms with Crippen molar-refractivity contribution in [3.05, 3.63) is 47.4 Å². The molecule has 1 aromatic carbocycles. The van der Waals surface area contributed by atoms with Crippen LogP contribution in [0.25, 0.3) is 11.3 Å². The molecule has 0 aliphatic carbocycles. The molecule has 0 spiro atoms. The summed E-state index contributed by atoms with van der Waals surface area (Å²) in [6, 6.07) is 9.85. The quantitative estimate of drug-likeness (QED) is 0.852. The second-order valence-electron chi connectivity index (χ2n) is 5.02. The lowest BCUT2D eigenvalue weighted by Crippen LogP contribution is -2.40. The van der Waals surface area contributed by atoms with Crippen LogP contribution in [0.1, 0.15) is 11.7 Å². The summed E-state index contributed by atoms with van der Waals surface area (Å²) >= 11 is 6.03. The van der Waals surface area contributed by atoms with Gasteiger partial charge in [0.2, 0.25) is 0 Å². The van der Waals surface area contributed by atoms with E-state index in [4.69, 9.17) is 11.6 Å². The minimum Gasteiger partial charge on any atom is -0.303 e. The number of halogens is 1. The van der Waals surface area contributed by atoms with Gasteiger partial charge in [0.25, 0.3) is 0 Å². The maximum atomic E-state index is 6.03. The number of hydrogen-bond donors (Lipinski definition) is 0. The largest absolute Gasteiger partial charge is 0.303 e. The zero-order valence-electron chi connectivity index (χ0n) is 11.3. The highest BCUT2D eigenvalue weighted by Gasteiger charge is 2.21. The summed E-state index contributed by atoms with van der Waals surface area (Å²) in [5.41, 5.74) is 2.87. The van der Waals surface area contributed by atoms with Crippen molar-refractivity contribution in [2.24, 2.45) is 0 Å². The fourth-order valence-corrected chi connectivity index (χ4v) is 2.57. The SMILES string of the molecule is CN1CC[N]C(c2cc(-c3cccc(Cl)c3)ncn2)C1. The van der Waals surface area contributed by atoms with Crippen LogP contribution in [0.15, 0.2) is 36.7 Å². The molecule has 3 rings (SSSR count). The third-order valence-corrected chi connectivity index (χ3v) is 3.70. The van der Waals surface area contributed by atoms with E-state index in [-0.39, 0.29) is 6.04 Å². The lowest BCUT2D eigenvalue weighted by molar-refractivity contribution is 0.234. The first-order valence-electron chi connectivity index (χ1n) is 6.65. The number of hydrogen-bond acceptors (Lipinski definition) is 3. The van der Waals surface area contributed by atoms with Gasteiger partial charge in [-0.1, -0.05) is 23.7 Å². The molecule has 0 saturated carbocycles. The molecule has 0 amide bonds. The van der Waals surface area contributed by atoms with Gasteiger partial charge in [0.05, 0.1) is 17.4 Å². The van der Waals surface area contributed by atoms with Crippen molar-refractivity contribution in [2.75, 3.05) is 26.7 Å². The standard InChI is InChI=1S/C15H16ClN4/c1-20-6-5-17-15(9-20)14-8-13(18-10-19-14)11-3-2-4-12(16)7-11/h2-4,7-8,10,15H,5-6,9H2,1H3. The molecule has 0 bridgehead atoms. The fraction of sp³-hybridized carbons (Fsp3) is 0.333. The first kappa shape index (κ1) is 13.5. The molecule has 1 radical (unpaired) electrons. The molecule has 1 fully saturated rings. The van der Waals surface area contributed by atoms with Gasteiger partial charge in [-0.3, -0.25) is 0 Å². The molecule has 2 heterocycles. The number of nitrogens with zero attached hydrogens (tertiary/aromatic N) is 4. The topological polar surface area (TPSA) is 43.1 Å². The number of rotatable bonds is 2. The second kappa shape index (κ2) is 5.87. The Balaban J connectivity index is 1.89. The average molecular weight is 288 g/mol. The van der Waals surface area contributed by atoms with Crippen LogP contribution in [0.2, 0.25) is 5.02 Å². The highest BCUT2D eigenvalue weighted by molar-refractivity contribution is 6.30. The first-order chi connectivity index (χ1) is 9.72. The summed E-state index contributed by atoms with van der Waals surface area (Å²) in [6.45, 7) is 2.78. The van der Waals surface area contributed by atoms with Gasteiger partial charge < -0.3 is 4.90 Å². The number of piperazine rings is 1. The van der Waals surface area contributed by atoms with E-state index in [1.165, 1.54) is 0 Å². The summed E-state index contributed by atoms with van der Waals surface area (Å²) in [4.78, 5) is 11.0. The molecule has 0 N–H and O–H groups in total. The molecule has 1 saturated heterocycles. The van der Waals surface area contributed by atoms with Crippen molar-refractivity contribution < 1.29 is 0 Å². The summed E-state index contributed by atoms with van der Waals surface area (Å²) in [6.07, 6.45) is 1.61. The van der Waals surface area contributed by atoms with Crippen molar-refractivity contribution >= 4 is 11.6 Å². The number of aromatic nitrogens is 2. The van der Waals surface area contributed by atoms with E-state index in [9.17, 15) is 0 Å². The van der Waals surface area contributed by atoms with Gasteiger partial charge in [-0.15, -0.1) is 0 Å². The molecule has 1 aliphatic rings. The summed E-state index contributed by atoms with van der Waals surface area (Å²) in [7, 11) is 2.11. The predicted molar refractivity (Wildman–Crippen MR) is 79.7 cm³/mol. The first-order valence-corrected chi connectivity index (χ1v) is 7.03. The van der Waals surface area contributed by atoms with E-state index in [1.807, 2.05) is 30.3 Å². The van der Waals surface area contributed by atoms with Crippen molar-refractivity contribution in [1.82, 2.24) is 20.2 Å². The smallest absolute Gasteiger partial charge is 0.116 e. The van der Waals surface area contributed by atoms with Gasteiger partial charge in [0.15, 0.2) is 0 Å². The Bertz CT molecular complexity index is 602. The number of likely N-dealkylation sites (N-methyl/N-ethyl adjacent to an activating group) is 1. The van der Waals surface area contributed by atoms with Gasteiger partial charge in [0.1, 0.15) is 6.33 Å². The minimum atomic E-state index is 0.134. The summed E-state index contributed by atoms with van der Waals surface area (Å²) < 4.78 is 0. The van der Waals surface area contributed by atoms with Crippen molar-refractivity contribution in [3.63, 3.8) is 0 Å². The van der Waals surface area contributed by atoms with Gasteiger partial charge in [-0.2, -0.15) is 0 Å². The van der Waals surface area contributed by atoms with E-state index in [2.05, 4.69) is 27.2 Å². The maximum absolute atomic E-state index is 6.03. The molecule has 5 heteroatoms. The van der Waals surface area contributed by atoms with E-state index < -0.39 is 0 Å². The maximum Gasteiger partial charge on any atom is 0.116 e. The molecule has 4 nitrogen and oxygen atoms in total. The molecule has 1 aromatic heterocycles. The van der Waals surface area contributed by atoms with E-state index in [0.29, 0.717) is 5.02 Å². The summed E-state index contributed by atoms with van der Waals surface area (Å²) in [5, 5.41) is 5.36.